The number of methoxy groups -OCH3 is 1. The lowest BCUT2D eigenvalue weighted by Crippen LogP contribution is -2.15. The van der Waals surface area contributed by atoms with Gasteiger partial charge in [0.2, 0.25) is 0 Å². The highest BCUT2D eigenvalue weighted by Crippen LogP contribution is 2.28. The second kappa shape index (κ2) is 9.69. The summed E-state index contributed by atoms with van der Waals surface area (Å²) < 4.78 is 10.9. The van der Waals surface area contributed by atoms with Gasteiger partial charge in [-0.1, -0.05) is 18.2 Å². The van der Waals surface area contributed by atoms with Crippen molar-refractivity contribution < 1.29 is 19.4 Å². The average Bonchev–Trinajstić information content (AvgIpc) is 2.62. The number of hydrogen-bond acceptors (Lipinski definition) is 4. The van der Waals surface area contributed by atoms with Gasteiger partial charge in [-0.25, -0.2) is 4.79 Å². The highest BCUT2D eigenvalue weighted by atomic mass is 16.5. The van der Waals surface area contributed by atoms with Crippen LogP contribution in [0, 0.1) is 0 Å². The Bertz CT molecular complexity index is 683. The van der Waals surface area contributed by atoms with E-state index < -0.39 is 5.97 Å². The molecule has 0 amide bonds. The molecule has 0 saturated carbocycles. The SMILES string of the molecule is CCOc1cc(CCCNCc2ccc(C(=O)O)cc2)ccc1OC. The first-order valence-electron chi connectivity index (χ1n) is 8.46. The maximum absolute atomic E-state index is 10.8. The summed E-state index contributed by atoms with van der Waals surface area (Å²) in [6.07, 6.45) is 1.96. The van der Waals surface area contributed by atoms with Gasteiger partial charge in [-0.15, -0.1) is 0 Å². The zero-order valence-electron chi connectivity index (χ0n) is 14.7. The van der Waals surface area contributed by atoms with Gasteiger partial charge < -0.3 is 19.9 Å². The van der Waals surface area contributed by atoms with E-state index in [9.17, 15) is 4.79 Å². The van der Waals surface area contributed by atoms with E-state index in [4.69, 9.17) is 14.6 Å². The zero-order chi connectivity index (χ0) is 18.1. The topological polar surface area (TPSA) is 67.8 Å². The molecule has 0 aliphatic heterocycles. The van der Waals surface area contributed by atoms with Crippen LogP contribution < -0.4 is 14.8 Å². The monoisotopic (exact) mass is 343 g/mol. The second-order valence-corrected chi connectivity index (χ2v) is 5.70. The average molecular weight is 343 g/mol. The number of rotatable bonds is 10. The summed E-state index contributed by atoms with van der Waals surface area (Å²) in [6, 6.07) is 13.0. The largest absolute Gasteiger partial charge is 0.493 e. The van der Waals surface area contributed by atoms with Crippen molar-refractivity contribution in [1.29, 1.82) is 0 Å². The first-order valence-corrected chi connectivity index (χ1v) is 8.46. The number of carboxylic acids is 1. The van der Waals surface area contributed by atoms with E-state index in [-0.39, 0.29) is 0 Å². The standard InChI is InChI=1S/C20H25NO4/c1-3-25-19-13-15(8-11-18(19)24-2)5-4-12-21-14-16-6-9-17(10-7-16)20(22)23/h6-11,13,21H,3-5,12,14H2,1-2H3,(H,22,23). The Labute approximate surface area is 148 Å². The molecule has 0 fully saturated rings. The van der Waals surface area contributed by atoms with E-state index >= 15 is 0 Å². The summed E-state index contributed by atoms with van der Waals surface area (Å²) in [7, 11) is 1.64. The lowest BCUT2D eigenvalue weighted by atomic mass is 10.1. The summed E-state index contributed by atoms with van der Waals surface area (Å²) in [5, 5.41) is 12.3. The van der Waals surface area contributed by atoms with E-state index in [1.165, 1.54) is 5.56 Å². The molecule has 0 aromatic heterocycles. The third-order valence-electron chi connectivity index (χ3n) is 3.88. The number of carbonyl (C=O) groups is 1. The minimum atomic E-state index is -0.898. The Balaban J connectivity index is 1.75. The molecule has 0 aliphatic rings. The molecule has 0 heterocycles. The summed E-state index contributed by atoms with van der Waals surface area (Å²) >= 11 is 0. The molecule has 0 radical (unpaired) electrons. The van der Waals surface area contributed by atoms with Crippen molar-refractivity contribution in [3.8, 4) is 11.5 Å². The van der Waals surface area contributed by atoms with Gasteiger partial charge in [-0.2, -0.15) is 0 Å². The van der Waals surface area contributed by atoms with Gasteiger partial charge in [0.25, 0.3) is 0 Å². The van der Waals surface area contributed by atoms with Crippen LogP contribution in [0.2, 0.25) is 0 Å². The van der Waals surface area contributed by atoms with Crippen molar-refractivity contribution in [3.05, 3.63) is 59.2 Å². The maximum Gasteiger partial charge on any atom is 0.335 e. The van der Waals surface area contributed by atoms with Gasteiger partial charge in [0.1, 0.15) is 0 Å². The van der Waals surface area contributed by atoms with E-state index in [1.54, 1.807) is 19.2 Å². The number of benzene rings is 2. The summed E-state index contributed by atoms with van der Waals surface area (Å²) in [4.78, 5) is 10.8. The third kappa shape index (κ3) is 5.80. The normalized spacial score (nSPS) is 10.5. The van der Waals surface area contributed by atoms with Crippen molar-refractivity contribution in [2.75, 3.05) is 20.3 Å². The van der Waals surface area contributed by atoms with Crippen LogP contribution in [0.4, 0.5) is 0 Å². The molecule has 2 aromatic rings. The maximum atomic E-state index is 10.8. The molecule has 2 rings (SSSR count). The van der Waals surface area contributed by atoms with Gasteiger partial charge in [0, 0.05) is 6.54 Å². The molecular weight excluding hydrogens is 318 g/mol. The zero-order valence-corrected chi connectivity index (χ0v) is 14.7. The number of hydrogen-bond donors (Lipinski definition) is 2. The van der Waals surface area contributed by atoms with Gasteiger partial charge in [0.05, 0.1) is 19.3 Å². The number of carboxylic acid groups (broad SMARTS) is 1. The second-order valence-electron chi connectivity index (χ2n) is 5.70. The fourth-order valence-corrected chi connectivity index (χ4v) is 2.56. The molecule has 0 atom stereocenters. The lowest BCUT2D eigenvalue weighted by molar-refractivity contribution is 0.0697. The Hall–Kier alpha value is -2.53. The number of nitrogens with one attached hydrogen (secondary N) is 1. The summed E-state index contributed by atoms with van der Waals surface area (Å²) in [6.45, 7) is 4.18. The fourth-order valence-electron chi connectivity index (χ4n) is 2.56. The van der Waals surface area contributed by atoms with Gasteiger partial charge >= 0.3 is 5.97 Å². The van der Waals surface area contributed by atoms with Crippen LogP contribution in [-0.4, -0.2) is 31.3 Å². The quantitative estimate of drug-likeness (QED) is 0.646. The molecule has 0 unspecified atom stereocenters. The highest BCUT2D eigenvalue weighted by molar-refractivity contribution is 5.87. The molecule has 134 valence electrons. The molecule has 0 saturated heterocycles. The minimum absolute atomic E-state index is 0.313. The van der Waals surface area contributed by atoms with E-state index in [1.807, 2.05) is 31.2 Å². The molecule has 0 spiro atoms. The molecule has 2 N–H and O–H groups in total. The Morgan fingerprint density at radius 2 is 1.80 bits per heavy atom. The van der Waals surface area contributed by atoms with E-state index in [0.29, 0.717) is 12.2 Å². The molecular formula is C20H25NO4. The molecule has 5 nitrogen and oxygen atoms in total. The Morgan fingerprint density at radius 1 is 1.08 bits per heavy atom. The van der Waals surface area contributed by atoms with Crippen molar-refractivity contribution in [2.45, 2.75) is 26.3 Å². The van der Waals surface area contributed by atoms with E-state index in [0.717, 1.165) is 43.0 Å². The first-order chi connectivity index (χ1) is 12.1. The predicted molar refractivity (Wildman–Crippen MR) is 97.6 cm³/mol. The number of aromatic carboxylic acids is 1. The van der Waals surface area contributed by atoms with Crippen LogP contribution in [0.15, 0.2) is 42.5 Å². The van der Waals surface area contributed by atoms with Crippen LogP contribution in [0.5, 0.6) is 11.5 Å². The molecule has 5 heteroatoms. The van der Waals surface area contributed by atoms with E-state index in [2.05, 4.69) is 11.4 Å². The summed E-state index contributed by atoms with van der Waals surface area (Å²) in [5.74, 6) is 0.646. The van der Waals surface area contributed by atoms with Crippen molar-refractivity contribution in [2.24, 2.45) is 0 Å². The highest BCUT2D eigenvalue weighted by Gasteiger charge is 2.05. The Morgan fingerprint density at radius 3 is 2.44 bits per heavy atom. The van der Waals surface area contributed by atoms with Crippen molar-refractivity contribution in [3.63, 3.8) is 0 Å². The van der Waals surface area contributed by atoms with Gasteiger partial charge in [-0.3, -0.25) is 0 Å². The van der Waals surface area contributed by atoms with Crippen LogP contribution in [0.25, 0.3) is 0 Å². The van der Waals surface area contributed by atoms with Crippen LogP contribution in [0.3, 0.4) is 0 Å². The Kier molecular flexibility index (Phi) is 7.29. The predicted octanol–water partition coefficient (Wildman–Crippen LogP) is 3.51. The lowest BCUT2D eigenvalue weighted by Gasteiger charge is -2.11. The molecule has 0 bridgehead atoms. The number of ether oxygens (including phenoxy) is 2. The fraction of sp³-hybridized carbons (Fsp3) is 0.350. The van der Waals surface area contributed by atoms with Gasteiger partial charge in [0.15, 0.2) is 11.5 Å². The molecule has 2 aromatic carbocycles. The third-order valence-corrected chi connectivity index (χ3v) is 3.88. The van der Waals surface area contributed by atoms with Crippen LogP contribution in [0.1, 0.15) is 34.8 Å². The molecule has 25 heavy (non-hydrogen) atoms. The van der Waals surface area contributed by atoms with Crippen LogP contribution >= 0.6 is 0 Å². The number of aryl methyl sites for hydroxylation is 1. The summed E-state index contributed by atoms with van der Waals surface area (Å²) in [5.41, 5.74) is 2.61. The van der Waals surface area contributed by atoms with Gasteiger partial charge in [-0.05, 0) is 61.7 Å². The van der Waals surface area contributed by atoms with Crippen molar-refractivity contribution in [1.82, 2.24) is 5.32 Å². The van der Waals surface area contributed by atoms with Crippen LogP contribution in [-0.2, 0) is 13.0 Å². The van der Waals surface area contributed by atoms with Crippen molar-refractivity contribution >= 4 is 5.97 Å². The smallest absolute Gasteiger partial charge is 0.335 e. The molecule has 0 aliphatic carbocycles. The first kappa shape index (κ1) is 18.8. The minimum Gasteiger partial charge on any atom is -0.493 e.